The first-order valence-corrected chi connectivity index (χ1v) is 8.68. The molecule has 1 unspecified atom stereocenters. The highest BCUT2D eigenvalue weighted by Gasteiger charge is 2.21. The lowest BCUT2D eigenvalue weighted by atomic mass is 9.89. The smallest absolute Gasteiger partial charge is 0.270 e. The van der Waals surface area contributed by atoms with Crippen molar-refractivity contribution < 1.29 is 4.79 Å². The van der Waals surface area contributed by atoms with Crippen LogP contribution >= 0.6 is 11.3 Å². The van der Waals surface area contributed by atoms with E-state index in [-0.39, 0.29) is 5.91 Å². The largest absolute Gasteiger partial charge is 0.350 e. The number of aromatic nitrogens is 1. The Morgan fingerprint density at radius 1 is 1.30 bits per heavy atom. The molecule has 110 valence electrons. The molecule has 2 heterocycles. The normalized spacial score (nSPS) is 23.9. The van der Waals surface area contributed by atoms with E-state index in [0.717, 1.165) is 24.5 Å². The van der Waals surface area contributed by atoms with Gasteiger partial charge < -0.3 is 10.6 Å². The molecule has 1 saturated carbocycles. The second-order valence-corrected chi connectivity index (χ2v) is 6.82. The van der Waals surface area contributed by atoms with Crippen LogP contribution in [0.15, 0.2) is 5.38 Å². The zero-order chi connectivity index (χ0) is 13.8. The van der Waals surface area contributed by atoms with Gasteiger partial charge in [0.1, 0.15) is 10.7 Å². The van der Waals surface area contributed by atoms with Crippen molar-refractivity contribution in [2.45, 2.75) is 51.0 Å². The first-order chi connectivity index (χ1) is 9.83. The lowest BCUT2D eigenvalue weighted by molar-refractivity contribution is 0.0939. The summed E-state index contributed by atoms with van der Waals surface area (Å²) in [6.45, 7) is 1.88. The molecule has 1 aliphatic heterocycles. The first-order valence-electron chi connectivity index (χ1n) is 7.80. The van der Waals surface area contributed by atoms with E-state index in [0.29, 0.717) is 17.7 Å². The van der Waals surface area contributed by atoms with E-state index in [1.807, 2.05) is 5.38 Å². The van der Waals surface area contributed by atoms with Crippen molar-refractivity contribution in [3.8, 4) is 0 Å². The van der Waals surface area contributed by atoms with Crippen LogP contribution in [0, 0.1) is 5.92 Å². The maximum Gasteiger partial charge on any atom is 0.270 e. The van der Waals surface area contributed by atoms with Crippen LogP contribution in [0.4, 0.5) is 0 Å². The van der Waals surface area contributed by atoms with Gasteiger partial charge in [-0.1, -0.05) is 19.3 Å². The monoisotopic (exact) mass is 293 g/mol. The predicted octanol–water partition coefficient (Wildman–Crippen LogP) is 2.88. The molecule has 1 saturated heterocycles. The van der Waals surface area contributed by atoms with Crippen molar-refractivity contribution >= 4 is 17.2 Å². The van der Waals surface area contributed by atoms with Crippen molar-refractivity contribution in [3.63, 3.8) is 0 Å². The van der Waals surface area contributed by atoms with Crippen LogP contribution in [-0.2, 0) is 0 Å². The Labute approximate surface area is 124 Å². The number of amides is 1. The Morgan fingerprint density at radius 3 is 2.90 bits per heavy atom. The number of rotatable bonds is 4. The first kappa shape index (κ1) is 14.0. The van der Waals surface area contributed by atoms with Crippen LogP contribution in [0.25, 0.3) is 0 Å². The van der Waals surface area contributed by atoms with Crippen LogP contribution in [0.3, 0.4) is 0 Å². The Hall–Kier alpha value is -0.940. The molecule has 1 atom stereocenters. The summed E-state index contributed by atoms with van der Waals surface area (Å²) in [5.74, 6) is 0.665. The number of hydrogen-bond donors (Lipinski definition) is 2. The van der Waals surface area contributed by atoms with Gasteiger partial charge in [0.25, 0.3) is 5.91 Å². The molecule has 1 aromatic rings. The number of hydrogen-bond acceptors (Lipinski definition) is 4. The fraction of sp³-hybridized carbons (Fsp3) is 0.733. The number of carbonyl (C=O) groups is 1. The summed E-state index contributed by atoms with van der Waals surface area (Å²) in [6, 6.07) is 0.361. The molecule has 3 rings (SSSR count). The number of carbonyl (C=O) groups excluding carboxylic acids is 1. The molecule has 1 amide bonds. The van der Waals surface area contributed by atoms with Gasteiger partial charge in [-0.15, -0.1) is 11.3 Å². The minimum atomic E-state index is -0.00364. The Kier molecular flexibility index (Phi) is 4.68. The van der Waals surface area contributed by atoms with Gasteiger partial charge in [-0.05, 0) is 38.1 Å². The van der Waals surface area contributed by atoms with Crippen molar-refractivity contribution in [1.29, 1.82) is 0 Å². The fourth-order valence-corrected chi connectivity index (χ4v) is 4.07. The van der Waals surface area contributed by atoms with Gasteiger partial charge in [0.15, 0.2) is 0 Å². The molecule has 2 fully saturated rings. The number of nitrogens with zero attached hydrogens (tertiary/aromatic N) is 1. The van der Waals surface area contributed by atoms with Gasteiger partial charge in [0, 0.05) is 11.9 Å². The van der Waals surface area contributed by atoms with Gasteiger partial charge in [0.2, 0.25) is 0 Å². The second kappa shape index (κ2) is 6.68. The van der Waals surface area contributed by atoms with Crippen LogP contribution in [0.1, 0.15) is 66.5 Å². The zero-order valence-corrected chi connectivity index (χ0v) is 12.7. The third-order valence-electron chi connectivity index (χ3n) is 4.39. The van der Waals surface area contributed by atoms with Crippen LogP contribution in [-0.4, -0.2) is 24.0 Å². The highest BCUT2D eigenvalue weighted by molar-refractivity contribution is 7.09. The van der Waals surface area contributed by atoms with E-state index in [9.17, 15) is 4.79 Å². The summed E-state index contributed by atoms with van der Waals surface area (Å²) in [6.07, 6.45) is 8.84. The van der Waals surface area contributed by atoms with Gasteiger partial charge in [-0.25, -0.2) is 4.98 Å². The molecule has 1 aromatic heterocycles. The average molecular weight is 293 g/mol. The highest BCUT2D eigenvalue weighted by Crippen LogP contribution is 2.26. The van der Waals surface area contributed by atoms with E-state index < -0.39 is 0 Å². The van der Waals surface area contributed by atoms with E-state index in [2.05, 4.69) is 15.6 Å². The standard InChI is InChI=1S/C15H23N3OS/c19-14(17-9-11-5-2-1-3-6-11)13-10-20-15(18-13)12-7-4-8-16-12/h10-12,16H,1-9H2,(H,17,19). The molecule has 0 aromatic carbocycles. The van der Waals surface area contributed by atoms with Crippen LogP contribution in [0.5, 0.6) is 0 Å². The quantitative estimate of drug-likeness (QED) is 0.897. The maximum absolute atomic E-state index is 12.1. The van der Waals surface area contributed by atoms with Crippen molar-refractivity contribution in [1.82, 2.24) is 15.6 Å². The molecule has 5 heteroatoms. The molecular weight excluding hydrogens is 270 g/mol. The van der Waals surface area contributed by atoms with Gasteiger partial charge in [-0.2, -0.15) is 0 Å². The Morgan fingerprint density at radius 2 is 2.15 bits per heavy atom. The van der Waals surface area contributed by atoms with Gasteiger partial charge in [0.05, 0.1) is 6.04 Å². The van der Waals surface area contributed by atoms with E-state index in [1.165, 1.54) is 38.5 Å². The van der Waals surface area contributed by atoms with Crippen LogP contribution in [0.2, 0.25) is 0 Å². The minimum absolute atomic E-state index is 0.00364. The lowest BCUT2D eigenvalue weighted by Crippen LogP contribution is -2.30. The zero-order valence-electron chi connectivity index (χ0n) is 11.9. The number of thiazole rings is 1. The van der Waals surface area contributed by atoms with E-state index in [1.54, 1.807) is 11.3 Å². The third kappa shape index (κ3) is 3.38. The lowest BCUT2D eigenvalue weighted by Gasteiger charge is -2.21. The predicted molar refractivity (Wildman–Crippen MR) is 81.0 cm³/mol. The molecule has 0 spiro atoms. The fourth-order valence-electron chi connectivity index (χ4n) is 3.17. The molecule has 2 N–H and O–H groups in total. The highest BCUT2D eigenvalue weighted by atomic mass is 32.1. The van der Waals surface area contributed by atoms with Crippen molar-refractivity contribution in [2.24, 2.45) is 5.92 Å². The summed E-state index contributed by atoms with van der Waals surface area (Å²) in [5, 5.41) is 9.44. The molecule has 20 heavy (non-hydrogen) atoms. The topological polar surface area (TPSA) is 54.0 Å². The molecule has 2 aliphatic rings. The maximum atomic E-state index is 12.1. The molecule has 4 nitrogen and oxygen atoms in total. The summed E-state index contributed by atoms with van der Waals surface area (Å²) in [7, 11) is 0. The molecule has 1 aliphatic carbocycles. The van der Waals surface area contributed by atoms with Crippen molar-refractivity contribution in [3.05, 3.63) is 16.1 Å². The van der Waals surface area contributed by atoms with Gasteiger partial charge in [-0.3, -0.25) is 4.79 Å². The average Bonchev–Trinajstić information content (AvgIpc) is 3.16. The van der Waals surface area contributed by atoms with Crippen LogP contribution < -0.4 is 10.6 Å². The summed E-state index contributed by atoms with van der Waals surface area (Å²) < 4.78 is 0. The molecule has 0 bridgehead atoms. The van der Waals surface area contributed by atoms with Gasteiger partial charge >= 0.3 is 0 Å². The van der Waals surface area contributed by atoms with E-state index >= 15 is 0 Å². The summed E-state index contributed by atoms with van der Waals surface area (Å²) >= 11 is 1.60. The SMILES string of the molecule is O=C(NCC1CCCCC1)c1csc(C2CCCN2)n1. The van der Waals surface area contributed by atoms with Crippen molar-refractivity contribution in [2.75, 3.05) is 13.1 Å². The Balaban J connectivity index is 1.51. The molecular formula is C15H23N3OS. The van der Waals surface area contributed by atoms with E-state index in [4.69, 9.17) is 0 Å². The minimum Gasteiger partial charge on any atom is -0.350 e. The number of nitrogens with one attached hydrogen (secondary N) is 2. The second-order valence-electron chi connectivity index (χ2n) is 5.93. The summed E-state index contributed by atoms with van der Waals surface area (Å²) in [4.78, 5) is 16.6. The summed E-state index contributed by atoms with van der Waals surface area (Å²) in [5.41, 5.74) is 0.592. The molecule has 0 radical (unpaired) electrons. The Bertz CT molecular complexity index is 448. The third-order valence-corrected chi connectivity index (χ3v) is 5.35.